The van der Waals surface area contributed by atoms with Crippen molar-refractivity contribution in [2.45, 2.75) is 50.7 Å². The summed E-state index contributed by atoms with van der Waals surface area (Å²) in [6, 6.07) is 19.7. The first kappa shape index (κ1) is 23.0. The second-order valence-electron chi connectivity index (χ2n) is 10.2. The minimum Gasteiger partial charge on any atom is -0.457 e. The Kier molecular flexibility index (Phi) is 6.34. The Hall–Kier alpha value is -3.42. The molecule has 1 saturated carbocycles. The standard InChI is InChI=1S/C29H34N6O/c1-20-17-34(16-15-31-20)22-9-11-23(12-10-22)35-18-26(27-28(30)32-19-33-29(27)35)21-7-13-25(14-8-21)36-24-5-3-2-4-6-24/h2-8,13-14,18-20,22-23,31H,9-12,15-17H2,1H3,(H2,30,32,33)/t20?,22-,23-. The molecule has 1 saturated heterocycles. The summed E-state index contributed by atoms with van der Waals surface area (Å²) in [5.41, 5.74) is 9.50. The highest BCUT2D eigenvalue weighted by atomic mass is 16.5. The van der Waals surface area contributed by atoms with E-state index in [4.69, 9.17) is 10.5 Å². The second kappa shape index (κ2) is 9.91. The van der Waals surface area contributed by atoms with Crippen LogP contribution in [0.25, 0.3) is 22.2 Å². The zero-order chi connectivity index (χ0) is 24.5. The lowest BCUT2D eigenvalue weighted by molar-refractivity contribution is 0.107. The molecule has 6 rings (SSSR count). The number of benzene rings is 2. The molecule has 1 unspecified atom stereocenters. The summed E-state index contributed by atoms with van der Waals surface area (Å²) in [6.07, 6.45) is 8.57. The smallest absolute Gasteiger partial charge is 0.146 e. The Morgan fingerprint density at radius 3 is 2.39 bits per heavy atom. The molecular formula is C29H34N6O. The van der Waals surface area contributed by atoms with Gasteiger partial charge in [-0.1, -0.05) is 30.3 Å². The third-order valence-corrected chi connectivity index (χ3v) is 7.76. The first-order valence-electron chi connectivity index (χ1n) is 13.1. The van der Waals surface area contributed by atoms with Gasteiger partial charge in [-0.15, -0.1) is 0 Å². The zero-order valence-corrected chi connectivity index (χ0v) is 20.8. The van der Waals surface area contributed by atoms with Crippen molar-refractivity contribution in [2.24, 2.45) is 0 Å². The van der Waals surface area contributed by atoms with Crippen LogP contribution < -0.4 is 15.8 Å². The summed E-state index contributed by atoms with van der Waals surface area (Å²) < 4.78 is 8.34. The minimum absolute atomic E-state index is 0.424. The van der Waals surface area contributed by atoms with E-state index in [1.807, 2.05) is 42.5 Å². The molecule has 36 heavy (non-hydrogen) atoms. The van der Waals surface area contributed by atoms with Crippen LogP contribution in [0.15, 0.2) is 67.1 Å². The van der Waals surface area contributed by atoms with Gasteiger partial charge in [-0.2, -0.15) is 0 Å². The lowest BCUT2D eigenvalue weighted by Crippen LogP contribution is -2.53. The van der Waals surface area contributed by atoms with E-state index >= 15 is 0 Å². The minimum atomic E-state index is 0.424. The molecule has 1 aliphatic carbocycles. The van der Waals surface area contributed by atoms with Crippen LogP contribution in [0.2, 0.25) is 0 Å². The van der Waals surface area contributed by atoms with Crippen LogP contribution in [0.4, 0.5) is 5.82 Å². The van der Waals surface area contributed by atoms with Gasteiger partial charge in [0.25, 0.3) is 0 Å². The summed E-state index contributed by atoms with van der Waals surface area (Å²) in [6.45, 7) is 5.69. The molecule has 0 spiro atoms. The lowest BCUT2D eigenvalue weighted by Gasteiger charge is -2.41. The van der Waals surface area contributed by atoms with Crippen LogP contribution in [0, 0.1) is 0 Å². The molecule has 2 aromatic heterocycles. The van der Waals surface area contributed by atoms with E-state index in [1.54, 1.807) is 6.33 Å². The van der Waals surface area contributed by atoms with Crippen LogP contribution in [0.3, 0.4) is 0 Å². The highest BCUT2D eigenvalue weighted by Gasteiger charge is 2.30. The maximum atomic E-state index is 6.40. The molecule has 1 atom stereocenters. The van der Waals surface area contributed by atoms with Crippen LogP contribution in [-0.4, -0.2) is 51.2 Å². The zero-order valence-electron chi connectivity index (χ0n) is 20.8. The van der Waals surface area contributed by atoms with Gasteiger partial charge in [-0.3, -0.25) is 4.90 Å². The highest BCUT2D eigenvalue weighted by Crippen LogP contribution is 2.39. The van der Waals surface area contributed by atoms with Crippen LogP contribution in [0.5, 0.6) is 11.5 Å². The predicted molar refractivity (Wildman–Crippen MR) is 144 cm³/mol. The molecule has 186 valence electrons. The number of anilines is 1. The monoisotopic (exact) mass is 482 g/mol. The van der Waals surface area contributed by atoms with E-state index in [1.165, 1.54) is 12.8 Å². The summed E-state index contributed by atoms with van der Waals surface area (Å²) in [5, 5.41) is 4.50. The second-order valence-corrected chi connectivity index (χ2v) is 10.2. The normalized spacial score (nSPS) is 23.1. The number of aromatic nitrogens is 3. The van der Waals surface area contributed by atoms with Crippen molar-refractivity contribution in [1.29, 1.82) is 0 Å². The van der Waals surface area contributed by atoms with E-state index in [-0.39, 0.29) is 0 Å². The molecule has 7 heteroatoms. The van der Waals surface area contributed by atoms with Gasteiger partial charge >= 0.3 is 0 Å². The van der Waals surface area contributed by atoms with Gasteiger partial charge in [0.1, 0.15) is 29.3 Å². The van der Waals surface area contributed by atoms with E-state index in [2.05, 4.69) is 50.0 Å². The van der Waals surface area contributed by atoms with Crippen LogP contribution in [-0.2, 0) is 0 Å². The quantitative estimate of drug-likeness (QED) is 0.404. The topological polar surface area (TPSA) is 81.2 Å². The van der Waals surface area contributed by atoms with Crippen molar-refractivity contribution in [3.8, 4) is 22.6 Å². The largest absolute Gasteiger partial charge is 0.457 e. The van der Waals surface area contributed by atoms with Gasteiger partial charge in [-0.05, 0) is 62.4 Å². The van der Waals surface area contributed by atoms with E-state index in [0.29, 0.717) is 23.9 Å². The number of hydrogen-bond acceptors (Lipinski definition) is 6. The maximum Gasteiger partial charge on any atom is 0.146 e. The molecular weight excluding hydrogens is 448 g/mol. The number of nitrogens with zero attached hydrogens (tertiary/aromatic N) is 4. The van der Waals surface area contributed by atoms with E-state index < -0.39 is 0 Å². The number of ether oxygens (including phenoxy) is 1. The van der Waals surface area contributed by atoms with Crippen molar-refractivity contribution in [3.05, 3.63) is 67.1 Å². The third-order valence-electron chi connectivity index (χ3n) is 7.76. The fraction of sp³-hybridized carbons (Fsp3) is 0.379. The molecule has 0 radical (unpaired) electrons. The molecule has 0 amide bonds. The van der Waals surface area contributed by atoms with Gasteiger partial charge in [0.15, 0.2) is 0 Å². The molecule has 3 N–H and O–H groups in total. The summed E-state index contributed by atoms with van der Waals surface area (Å²) >= 11 is 0. The predicted octanol–water partition coefficient (Wildman–Crippen LogP) is 5.25. The molecule has 2 aliphatic rings. The summed E-state index contributed by atoms with van der Waals surface area (Å²) in [5.74, 6) is 2.16. The van der Waals surface area contributed by atoms with Crippen molar-refractivity contribution in [2.75, 3.05) is 25.4 Å². The van der Waals surface area contributed by atoms with Crippen LogP contribution >= 0.6 is 0 Å². The van der Waals surface area contributed by atoms with E-state index in [9.17, 15) is 0 Å². The number of hydrogen-bond donors (Lipinski definition) is 2. The molecule has 7 nitrogen and oxygen atoms in total. The number of para-hydroxylation sites is 1. The van der Waals surface area contributed by atoms with Crippen molar-refractivity contribution in [1.82, 2.24) is 24.8 Å². The van der Waals surface area contributed by atoms with Crippen molar-refractivity contribution in [3.63, 3.8) is 0 Å². The first-order chi connectivity index (χ1) is 17.7. The van der Waals surface area contributed by atoms with E-state index in [0.717, 1.165) is 66.1 Å². The Labute approximate surface area is 212 Å². The first-order valence-corrected chi connectivity index (χ1v) is 13.1. The van der Waals surface area contributed by atoms with Gasteiger partial charge < -0.3 is 20.4 Å². The fourth-order valence-electron chi connectivity index (χ4n) is 5.93. The maximum absolute atomic E-state index is 6.40. The van der Waals surface area contributed by atoms with Crippen molar-refractivity contribution < 1.29 is 4.74 Å². The molecule has 2 aromatic carbocycles. The highest BCUT2D eigenvalue weighted by molar-refractivity contribution is 6.00. The van der Waals surface area contributed by atoms with Gasteiger partial charge in [0.2, 0.25) is 0 Å². The van der Waals surface area contributed by atoms with Gasteiger partial charge in [0.05, 0.1) is 5.39 Å². The number of fused-ring (bicyclic) bond motifs is 1. The average molecular weight is 483 g/mol. The molecule has 4 aromatic rings. The molecule has 3 heterocycles. The SMILES string of the molecule is CC1CN([C@H]2CC[C@H](n3cc(-c4ccc(Oc5ccccc5)cc4)c4c(N)ncnc43)CC2)CCN1. The summed E-state index contributed by atoms with van der Waals surface area (Å²) in [7, 11) is 0. The molecule has 1 aliphatic heterocycles. The fourth-order valence-corrected chi connectivity index (χ4v) is 5.93. The Morgan fingerprint density at radius 1 is 0.917 bits per heavy atom. The van der Waals surface area contributed by atoms with Crippen molar-refractivity contribution >= 4 is 16.9 Å². The third kappa shape index (κ3) is 4.56. The number of piperazine rings is 1. The number of nitrogens with one attached hydrogen (secondary N) is 1. The van der Waals surface area contributed by atoms with Crippen LogP contribution in [0.1, 0.15) is 38.6 Å². The Bertz CT molecular complexity index is 1310. The lowest BCUT2D eigenvalue weighted by atomic mass is 9.89. The van der Waals surface area contributed by atoms with Gasteiger partial charge in [-0.25, -0.2) is 9.97 Å². The molecule has 0 bridgehead atoms. The Morgan fingerprint density at radius 2 is 1.64 bits per heavy atom. The number of rotatable bonds is 5. The Balaban J connectivity index is 1.25. The number of nitrogen functional groups attached to an aromatic ring is 1. The van der Waals surface area contributed by atoms with Gasteiger partial charge in [0, 0.05) is 49.5 Å². The molecule has 2 fully saturated rings. The summed E-state index contributed by atoms with van der Waals surface area (Å²) in [4.78, 5) is 11.7. The average Bonchev–Trinajstić information content (AvgIpc) is 3.31. The number of nitrogens with two attached hydrogens (primary N) is 1.